The van der Waals surface area contributed by atoms with Gasteiger partial charge >= 0.3 is 0 Å². The normalized spacial score (nSPS) is 10.7. The van der Waals surface area contributed by atoms with Crippen LogP contribution in [0.2, 0.25) is 5.02 Å². The van der Waals surface area contributed by atoms with Gasteiger partial charge in [-0.05, 0) is 41.1 Å². The highest BCUT2D eigenvalue weighted by Crippen LogP contribution is 2.26. The standard InChI is InChI=1S/C15H12ClN5O2/c1-10-8-11(6-7-14(10)21(22)23)9-20-15(17-18-19-20)12-4-2-3-5-13(12)16/h2-8H,9H2,1H3. The van der Waals surface area contributed by atoms with Crippen molar-refractivity contribution in [2.75, 3.05) is 0 Å². The van der Waals surface area contributed by atoms with Crippen molar-refractivity contribution in [1.29, 1.82) is 0 Å². The van der Waals surface area contributed by atoms with Gasteiger partial charge in [-0.3, -0.25) is 10.1 Å². The summed E-state index contributed by atoms with van der Waals surface area (Å²) in [4.78, 5) is 10.5. The molecule has 0 atom stereocenters. The molecule has 0 saturated carbocycles. The van der Waals surface area contributed by atoms with Crippen LogP contribution in [0.3, 0.4) is 0 Å². The summed E-state index contributed by atoms with van der Waals surface area (Å²) in [5.74, 6) is 0.548. The Hall–Kier alpha value is -2.80. The average Bonchev–Trinajstić information content (AvgIpc) is 2.95. The average molecular weight is 330 g/mol. The highest BCUT2D eigenvalue weighted by atomic mass is 35.5. The molecular weight excluding hydrogens is 318 g/mol. The van der Waals surface area contributed by atoms with Crippen LogP contribution in [-0.4, -0.2) is 25.1 Å². The van der Waals surface area contributed by atoms with Crippen LogP contribution in [0.15, 0.2) is 42.5 Å². The molecule has 0 aliphatic heterocycles. The second-order valence-electron chi connectivity index (χ2n) is 5.02. The Kier molecular flexibility index (Phi) is 4.03. The first-order valence-corrected chi connectivity index (χ1v) is 7.19. The fraction of sp³-hybridized carbons (Fsp3) is 0.133. The number of rotatable bonds is 4. The lowest BCUT2D eigenvalue weighted by Gasteiger charge is -2.07. The molecule has 116 valence electrons. The predicted molar refractivity (Wildman–Crippen MR) is 85.2 cm³/mol. The first kappa shape index (κ1) is 15.1. The van der Waals surface area contributed by atoms with Crippen molar-refractivity contribution >= 4 is 17.3 Å². The van der Waals surface area contributed by atoms with E-state index in [1.807, 2.05) is 18.2 Å². The van der Waals surface area contributed by atoms with Crippen LogP contribution in [0.5, 0.6) is 0 Å². The van der Waals surface area contributed by atoms with Crippen molar-refractivity contribution in [3.63, 3.8) is 0 Å². The third-order valence-electron chi connectivity index (χ3n) is 3.44. The molecule has 0 spiro atoms. The lowest BCUT2D eigenvalue weighted by Crippen LogP contribution is -2.05. The summed E-state index contributed by atoms with van der Waals surface area (Å²) in [7, 11) is 0. The second kappa shape index (κ2) is 6.13. The van der Waals surface area contributed by atoms with Crippen LogP contribution in [0.4, 0.5) is 5.69 Å². The van der Waals surface area contributed by atoms with Gasteiger partial charge in [0.15, 0.2) is 5.82 Å². The van der Waals surface area contributed by atoms with Crippen molar-refractivity contribution in [3.05, 3.63) is 68.7 Å². The highest BCUT2D eigenvalue weighted by molar-refractivity contribution is 6.33. The molecule has 0 saturated heterocycles. The van der Waals surface area contributed by atoms with E-state index in [4.69, 9.17) is 11.6 Å². The molecule has 3 aromatic rings. The molecule has 0 radical (unpaired) electrons. The van der Waals surface area contributed by atoms with Gasteiger partial charge in [0.1, 0.15) is 0 Å². The van der Waals surface area contributed by atoms with E-state index in [1.54, 1.807) is 29.8 Å². The molecule has 1 aromatic heterocycles. The summed E-state index contributed by atoms with van der Waals surface area (Å²) in [6, 6.07) is 12.2. The fourth-order valence-electron chi connectivity index (χ4n) is 2.34. The molecule has 7 nitrogen and oxygen atoms in total. The van der Waals surface area contributed by atoms with E-state index < -0.39 is 4.92 Å². The Balaban J connectivity index is 1.94. The van der Waals surface area contributed by atoms with E-state index in [-0.39, 0.29) is 5.69 Å². The quantitative estimate of drug-likeness (QED) is 0.541. The summed E-state index contributed by atoms with van der Waals surface area (Å²) in [5, 5.41) is 23.1. The summed E-state index contributed by atoms with van der Waals surface area (Å²) in [5.41, 5.74) is 2.29. The van der Waals surface area contributed by atoms with Gasteiger partial charge in [0, 0.05) is 17.2 Å². The van der Waals surface area contributed by atoms with Crippen LogP contribution in [0, 0.1) is 17.0 Å². The minimum Gasteiger partial charge on any atom is -0.258 e. The van der Waals surface area contributed by atoms with E-state index in [1.165, 1.54) is 6.07 Å². The molecule has 2 aromatic carbocycles. The molecule has 0 aliphatic carbocycles. The SMILES string of the molecule is Cc1cc(Cn2nnnc2-c2ccccc2Cl)ccc1[N+](=O)[O-]. The van der Waals surface area contributed by atoms with Crippen molar-refractivity contribution in [3.8, 4) is 11.4 Å². The lowest BCUT2D eigenvalue weighted by atomic mass is 10.1. The van der Waals surface area contributed by atoms with Gasteiger partial charge < -0.3 is 0 Å². The molecule has 0 N–H and O–H groups in total. The monoisotopic (exact) mass is 329 g/mol. The maximum Gasteiger partial charge on any atom is 0.272 e. The lowest BCUT2D eigenvalue weighted by molar-refractivity contribution is -0.385. The van der Waals surface area contributed by atoms with E-state index in [0.29, 0.717) is 23.0 Å². The smallest absolute Gasteiger partial charge is 0.258 e. The number of tetrazole rings is 1. The number of nitro benzene ring substituents is 1. The first-order valence-electron chi connectivity index (χ1n) is 6.81. The Bertz CT molecular complexity index is 878. The molecule has 0 unspecified atom stereocenters. The molecular formula is C15H12ClN5O2. The Morgan fingerprint density at radius 2 is 2.04 bits per heavy atom. The summed E-state index contributed by atoms with van der Waals surface area (Å²) < 4.78 is 1.61. The molecule has 1 heterocycles. The first-order chi connectivity index (χ1) is 11.1. The zero-order chi connectivity index (χ0) is 16.4. The number of benzene rings is 2. The minimum absolute atomic E-state index is 0.0943. The van der Waals surface area contributed by atoms with Gasteiger partial charge in [-0.25, -0.2) is 4.68 Å². The van der Waals surface area contributed by atoms with Gasteiger partial charge in [-0.2, -0.15) is 0 Å². The molecule has 0 aliphatic rings. The molecule has 0 bridgehead atoms. The van der Waals surface area contributed by atoms with Crippen molar-refractivity contribution in [2.24, 2.45) is 0 Å². The van der Waals surface area contributed by atoms with Gasteiger partial charge in [-0.15, -0.1) is 5.10 Å². The number of aryl methyl sites for hydroxylation is 1. The van der Waals surface area contributed by atoms with Crippen LogP contribution < -0.4 is 0 Å². The van der Waals surface area contributed by atoms with Crippen molar-refractivity contribution in [1.82, 2.24) is 20.2 Å². The van der Waals surface area contributed by atoms with Crippen molar-refractivity contribution < 1.29 is 4.92 Å². The minimum atomic E-state index is -0.398. The zero-order valence-electron chi connectivity index (χ0n) is 12.2. The molecule has 23 heavy (non-hydrogen) atoms. The second-order valence-corrected chi connectivity index (χ2v) is 5.43. The molecule has 8 heteroatoms. The van der Waals surface area contributed by atoms with Crippen LogP contribution in [0.1, 0.15) is 11.1 Å². The topological polar surface area (TPSA) is 86.7 Å². The number of halogens is 1. The number of nitrogens with zero attached hydrogens (tertiary/aromatic N) is 5. The van der Waals surface area contributed by atoms with Crippen LogP contribution in [-0.2, 0) is 6.54 Å². The third kappa shape index (κ3) is 3.04. The molecule has 0 amide bonds. The van der Waals surface area contributed by atoms with Crippen LogP contribution >= 0.6 is 11.6 Å². The van der Waals surface area contributed by atoms with Gasteiger partial charge in [0.2, 0.25) is 0 Å². The number of nitro groups is 1. The Morgan fingerprint density at radius 1 is 1.26 bits per heavy atom. The Morgan fingerprint density at radius 3 is 2.74 bits per heavy atom. The molecule has 3 rings (SSSR count). The summed E-state index contributed by atoms with van der Waals surface area (Å²) >= 11 is 6.19. The number of hydrogen-bond donors (Lipinski definition) is 0. The van der Waals surface area contributed by atoms with Gasteiger partial charge in [0.05, 0.1) is 16.5 Å². The van der Waals surface area contributed by atoms with Crippen LogP contribution in [0.25, 0.3) is 11.4 Å². The number of aromatic nitrogens is 4. The van der Waals surface area contributed by atoms with E-state index in [9.17, 15) is 10.1 Å². The van der Waals surface area contributed by atoms with Gasteiger partial charge in [-0.1, -0.05) is 29.8 Å². The summed E-state index contributed by atoms with van der Waals surface area (Å²) in [6.07, 6.45) is 0. The van der Waals surface area contributed by atoms with E-state index >= 15 is 0 Å². The van der Waals surface area contributed by atoms with E-state index in [2.05, 4.69) is 15.5 Å². The van der Waals surface area contributed by atoms with E-state index in [0.717, 1.165) is 11.1 Å². The zero-order valence-corrected chi connectivity index (χ0v) is 12.9. The third-order valence-corrected chi connectivity index (χ3v) is 3.77. The summed E-state index contributed by atoms with van der Waals surface area (Å²) in [6.45, 7) is 2.10. The predicted octanol–water partition coefficient (Wildman–Crippen LogP) is 3.26. The largest absolute Gasteiger partial charge is 0.272 e. The fourth-order valence-corrected chi connectivity index (χ4v) is 2.56. The van der Waals surface area contributed by atoms with Crippen molar-refractivity contribution in [2.45, 2.75) is 13.5 Å². The molecule has 0 fully saturated rings. The number of hydrogen-bond acceptors (Lipinski definition) is 5. The maximum absolute atomic E-state index is 10.9. The Labute approximate surface area is 136 Å². The highest BCUT2D eigenvalue weighted by Gasteiger charge is 2.14. The maximum atomic E-state index is 10.9. The van der Waals surface area contributed by atoms with Gasteiger partial charge in [0.25, 0.3) is 5.69 Å².